The van der Waals surface area contributed by atoms with Gasteiger partial charge in [0.1, 0.15) is 7.85 Å². The zero-order valence-corrected chi connectivity index (χ0v) is 16.5. The van der Waals surface area contributed by atoms with Crippen LogP contribution in [0.1, 0.15) is 64.6 Å². The van der Waals surface area contributed by atoms with Gasteiger partial charge >= 0.3 is 0 Å². The van der Waals surface area contributed by atoms with E-state index in [0.717, 1.165) is 29.8 Å². The third kappa shape index (κ3) is 4.50. The highest BCUT2D eigenvalue weighted by atomic mass is 15.1. The summed E-state index contributed by atoms with van der Waals surface area (Å²) in [4.78, 5) is 4.41. The van der Waals surface area contributed by atoms with Gasteiger partial charge in [0.05, 0.1) is 11.4 Å². The average molecular weight is 350 g/mol. The number of pyridine rings is 1. The van der Waals surface area contributed by atoms with Gasteiger partial charge in [-0.05, 0) is 70.6 Å². The van der Waals surface area contributed by atoms with Gasteiger partial charge in [0.15, 0.2) is 0 Å². The molecule has 2 radical (unpaired) electrons. The number of nitrogens with zero attached hydrogens (tertiary/aromatic N) is 1. The molecule has 1 saturated heterocycles. The SMILES string of the molecule is [B]c1cnc(/C(N)=C/C=C(\C)NC2CC(C)(C)NC3(CC3)C2)c(CC)c1. The fourth-order valence-electron chi connectivity index (χ4n) is 4.28. The van der Waals surface area contributed by atoms with E-state index in [1.807, 2.05) is 12.1 Å². The van der Waals surface area contributed by atoms with Crippen molar-refractivity contribution >= 4 is 19.0 Å². The molecule has 2 fully saturated rings. The van der Waals surface area contributed by atoms with Crippen LogP contribution in [0.15, 0.2) is 30.1 Å². The second kappa shape index (κ2) is 7.11. The molecule has 0 aromatic carbocycles. The second-order valence-electron chi connectivity index (χ2n) is 8.64. The number of rotatable bonds is 5. The standard InChI is InChI=1S/C21H31BN4/c1-5-15-10-16(22)13-24-19(15)18(23)7-6-14(2)25-17-11-20(3,4)26-21(12-17)8-9-21/h6-7,10,13,17,25-26H,5,8-9,11-12,23H2,1-4H3/b14-6+,18-7-. The summed E-state index contributed by atoms with van der Waals surface area (Å²) in [5.41, 5.74) is 11.2. The lowest BCUT2D eigenvalue weighted by Crippen LogP contribution is -2.58. The predicted octanol–water partition coefficient (Wildman–Crippen LogP) is 2.29. The first kappa shape index (κ1) is 19.0. The van der Waals surface area contributed by atoms with Gasteiger partial charge in [0.2, 0.25) is 0 Å². The van der Waals surface area contributed by atoms with E-state index in [9.17, 15) is 0 Å². The second-order valence-corrected chi connectivity index (χ2v) is 8.64. The predicted molar refractivity (Wildman–Crippen MR) is 110 cm³/mol. The molecule has 1 unspecified atom stereocenters. The monoisotopic (exact) mass is 350 g/mol. The Kier molecular flexibility index (Phi) is 5.20. The van der Waals surface area contributed by atoms with Crippen LogP contribution in [0.2, 0.25) is 0 Å². The van der Waals surface area contributed by atoms with Crippen LogP contribution in [-0.4, -0.2) is 29.9 Å². The molecule has 4 nitrogen and oxygen atoms in total. The van der Waals surface area contributed by atoms with E-state index in [2.05, 4.69) is 49.4 Å². The largest absolute Gasteiger partial charge is 0.397 e. The first-order valence-electron chi connectivity index (χ1n) is 9.67. The van der Waals surface area contributed by atoms with E-state index in [1.165, 1.54) is 19.3 Å². The smallest absolute Gasteiger partial charge is 0.115 e. The minimum Gasteiger partial charge on any atom is -0.397 e. The summed E-state index contributed by atoms with van der Waals surface area (Å²) in [6.45, 7) is 8.80. The number of nitrogens with two attached hydrogens (primary N) is 1. The van der Waals surface area contributed by atoms with Crippen molar-refractivity contribution in [3.05, 3.63) is 41.4 Å². The molecule has 1 aromatic rings. The van der Waals surface area contributed by atoms with Crippen molar-refractivity contribution in [1.82, 2.24) is 15.6 Å². The molecule has 1 saturated carbocycles. The Labute approximate surface area is 159 Å². The zero-order valence-electron chi connectivity index (χ0n) is 16.5. The van der Waals surface area contributed by atoms with Crippen LogP contribution in [-0.2, 0) is 6.42 Å². The molecule has 138 valence electrons. The minimum atomic E-state index is 0.186. The summed E-state index contributed by atoms with van der Waals surface area (Å²) in [7, 11) is 5.83. The Morgan fingerprint density at radius 3 is 2.77 bits per heavy atom. The van der Waals surface area contributed by atoms with Crippen molar-refractivity contribution in [3.8, 4) is 0 Å². The van der Waals surface area contributed by atoms with Gasteiger partial charge < -0.3 is 16.4 Å². The van der Waals surface area contributed by atoms with Gasteiger partial charge in [-0.1, -0.05) is 18.5 Å². The third-order valence-electron chi connectivity index (χ3n) is 5.44. The van der Waals surface area contributed by atoms with E-state index in [-0.39, 0.29) is 5.54 Å². The molecule has 1 atom stereocenters. The maximum Gasteiger partial charge on any atom is 0.115 e. The Balaban J connectivity index is 1.69. The lowest BCUT2D eigenvalue weighted by molar-refractivity contribution is 0.192. The maximum atomic E-state index is 6.27. The molecule has 2 heterocycles. The van der Waals surface area contributed by atoms with Crippen LogP contribution in [0, 0.1) is 0 Å². The normalized spacial score (nSPS) is 24.5. The number of nitrogens with one attached hydrogen (secondary N) is 2. The topological polar surface area (TPSA) is 63.0 Å². The number of piperidine rings is 1. The van der Waals surface area contributed by atoms with Crippen molar-refractivity contribution in [2.45, 2.75) is 76.9 Å². The number of allylic oxidation sites excluding steroid dienone is 3. The van der Waals surface area contributed by atoms with E-state index in [0.29, 0.717) is 22.7 Å². The summed E-state index contributed by atoms with van der Waals surface area (Å²) in [6.07, 6.45) is 11.4. The molecule has 4 N–H and O–H groups in total. The van der Waals surface area contributed by atoms with Crippen molar-refractivity contribution in [1.29, 1.82) is 0 Å². The van der Waals surface area contributed by atoms with Crippen LogP contribution >= 0.6 is 0 Å². The number of aromatic nitrogens is 1. The summed E-state index contributed by atoms with van der Waals surface area (Å²) < 4.78 is 0. The van der Waals surface area contributed by atoms with Crippen LogP contribution in [0.25, 0.3) is 5.70 Å². The van der Waals surface area contributed by atoms with Gasteiger partial charge in [0, 0.05) is 29.0 Å². The molecule has 1 aliphatic carbocycles. The van der Waals surface area contributed by atoms with E-state index >= 15 is 0 Å². The first-order chi connectivity index (χ1) is 12.2. The number of aryl methyl sites for hydroxylation is 1. The fraction of sp³-hybridized carbons (Fsp3) is 0.571. The number of hydrogen-bond acceptors (Lipinski definition) is 4. The van der Waals surface area contributed by atoms with Crippen molar-refractivity contribution in [2.75, 3.05) is 0 Å². The molecule has 2 aliphatic rings. The van der Waals surface area contributed by atoms with Gasteiger partial charge in [-0.2, -0.15) is 0 Å². The quantitative estimate of drug-likeness (QED) is 0.563. The Hall–Kier alpha value is -1.75. The highest BCUT2D eigenvalue weighted by Crippen LogP contribution is 2.45. The zero-order chi connectivity index (χ0) is 18.9. The average Bonchev–Trinajstić information content (AvgIpc) is 3.28. The molecule has 5 heteroatoms. The molecule has 0 amide bonds. The Bertz CT molecular complexity index is 726. The number of hydrogen-bond donors (Lipinski definition) is 3. The highest BCUT2D eigenvalue weighted by Gasteiger charge is 2.50. The summed E-state index contributed by atoms with van der Waals surface area (Å²) in [5.74, 6) is 0. The van der Waals surface area contributed by atoms with Crippen LogP contribution in [0.4, 0.5) is 0 Å². The summed E-state index contributed by atoms with van der Waals surface area (Å²) in [5, 5.41) is 7.52. The molecular weight excluding hydrogens is 319 g/mol. The fourth-order valence-corrected chi connectivity index (χ4v) is 4.28. The Morgan fingerprint density at radius 2 is 2.12 bits per heavy atom. The lowest BCUT2D eigenvalue weighted by Gasteiger charge is -2.43. The van der Waals surface area contributed by atoms with Crippen LogP contribution < -0.4 is 21.8 Å². The van der Waals surface area contributed by atoms with Crippen molar-refractivity contribution < 1.29 is 0 Å². The molecule has 1 aromatic heterocycles. The van der Waals surface area contributed by atoms with Gasteiger partial charge in [-0.25, -0.2) is 0 Å². The molecule has 1 spiro atoms. The van der Waals surface area contributed by atoms with Gasteiger partial charge in [-0.3, -0.25) is 4.98 Å². The lowest BCUT2D eigenvalue weighted by atomic mass is 9.84. The molecule has 3 rings (SSSR count). The van der Waals surface area contributed by atoms with Crippen LogP contribution in [0.5, 0.6) is 0 Å². The molecule has 1 aliphatic heterocycles. The van der Waals surface area contributed by atoms with E-state index in [4.69, 9.17) is 13.6 Å². The highest BCUT2D eigenvalue weighted by molar-refractivity contribution is 6.32. The first-order valence-corrected chi connectivity index (χ1v) is 9.67. The Morgan fingerprint density at radius 1 is 1.38 bits per heavy atom. The van der Waals surface area contributed by atoms with Gasteiger partial charge in [0.25, 0.3) is 0 Å². The molecule has 26 heavy (non-hydrogen) atoms. The minimum absolute atomic E-state index is 0.186. The van der Waals surface area contributed by atoms with Crippen molar-refractivity contribution in [3.63, 3.8) is 0 Å². The third-order valence-corrected chi connectivity index (χ3v) is 5.44. The van der Waals surface area contributed by atoms with Gasteiger partial charge in [-0.15, -0.1) is 0 Å². The summed E-state index contributed by atoms with van der Waals surface area (Å²) in [6, 6.07) is 2.45. The van der Waals surface area contributed by atoms with Crippen molar-refractivity contribution in [2.24, 2.45) is 5.73 Å². The van der Waals surface area contributed by atoms with Crippen LogP contribution in [0.3, 0.4) is 0 Å². The van der Waals surface area contributed by atoms with E-state index < -0.39 is 0 Å². The van der Waals surface area contributed by atoms with E-state index in [1.54, 1.807) is 6.20 Å². The molecular formula is C21H31BN4. The molecule has 0 bridgehead atoms. The maximum absolute atomic E-state index is 6.27. The summed E-state index contributed by atoms with van der Waals surface area (Å²) >= 11 is 0.